The second kappa shape index (κ2) is 8.73. The lowest BCUT2D eigenvalue weighted by Crippen LogP contribution is -2.09. The lowest BCUT2D eigenvalue weighted by molar-refractivity contribution is 1.17. The summed E-state index contributed by atoms with van der Waals surface area (Å²) < 4.78 is 0. The molecule has 0 fully saturated rings. The number of fused-ring (bicyclic) bond motifs is 1. The predicted octanol–water partition coefficient (Wildman–Crippen LogP) is 7.41. The quantitative estimate of drug-likeness (QED) is 0.386. The molecule has 2 aromatic rings. The number of hydrogen-bond acceptors (Lipinski definition) is 3. The average Bonchev–Trinajstić information content (AvgIpc) is 2.93. The molecule has 0 radical (unpaired) electrons. The van der Waals surface area contributed by atoms with Crippen LogP contribution in [-0.2, 0) is 0 Å². The molecule has 0 aromatic heterocycles. The number of hydrogen-bond donors (Lipinski definition) is 0. The van der Waals surface area contributed by atoms with E-state index < -0.39 is 0 Å². The third kappa shape index (κ3) is 5.00. The van der Waals surface area contributed by atoms with Crippen LogP contribution in [0.4, 0.5) is 5.69 Å². The van der Waals surface area contributed by atoms with Gasteiger partial charge in [-0.15, -0.1) is 0 Å². The Morgan fingerprint density at radius 3 is 2.52 bits per heavy atom. The van der Waals surface area contributed by atoms with Gasteiger partial charge < -0.3 is 4.90 Å². The summed E-state index contributed by atoms with van der Waals surface area (Å²) in [5.74, 6) is 0. The summed E-state index contributed by atoms with van der Waals surface area (Å²) in [5, 5.41) is 1.24. The van der Waals surface area contributed by atoms with Gasteiger partial charge in [-0.05, 0) is 62.2 Å². The molecule has 138 valence electrons. The van der Waals surface area contributed by atoms with Crippen LogP contribution in [0.2, 0.25) is 0 Å². The molecule has 1 aliphatic rings. The molecule has 0 aliphatic carbocycles. The lowest BCUT2D eigenvalue weighted by Gasteiger charge is -2.13. The molecular weight excluding hydrogens is 366 g/mol. The Balaban J connectivity index is 1.57. The van der Waals surface area contributed by atoms with Gasteiger partial charge >= 0.3 is 0 Å². The van der Waals surface area contributed by atoms with E-state index in [2.05, 4.69) is 100 Å². The Kier molecular flexibility index (Phi) is 6.35. The molecule has 0 spiro atoms. The van der Waals surface area contributed by atoms with Crippen LogP contribution in [0.15, 0.2) is 93.1 Å². The van der Waals surface area contributed by atoms with Gasteiger partial charge in [0.2, 0.25) is 0 Å². The van der Waals surface area contributed by atoms with Crippen molar-refractivity contribution in [2.24, 2.45) is 0 Å². The molecular formula is C24H25NS2. The summed E-state index contributed by atoms with van der Waals surface area (Å²) in [4.78, 5) is 5.86. The molecule has 0 N–H and O–H groups in total. The van der Waals surface area contributed by atoms with E-state index in [0.717, 1.165) is 4.91 Å². The standard InChI is InChI=1S/C24H25NS2/c1-17-11-13-22(19(3)15-17)26-20(4)9-7-6-8-10-24-25(5)21-16-18(2)12-14-23(21)27-24/h6-16H,4H2,1-3,5H3/b8-6+,9-7+,24-10-. The summed E-state index contributed by atoms with van der Waals surface area (Å²) >= 11 is 3.52. The smallest absolute Gasteiger partial charge is 0.0798 e. The fourth-order valence-corrected chi connectivity index (χ4v) is 4.70. The third-order valence-corrected chi connectivity index (χ3v) is 6.60. The Morgan fingerprint density at radius 2 is 1.74 bits per heavy atom. The van der Waals surface area contributed by atoms with Crippen molar-refractivity contribution in [2.75, 3.05) is 11.9 Å². The van der Waals surface area contributed by atoms with Crippen LogP contribution < -0.4 is 4.90 Å². The molecule has 0 saturated carbocycles. The largest absolute Gasteiger partial charge is 0.338 e. The van der Waals surface area contributed by atoms with Gasteiger partial charge in [-0.3, -0.25) is 0 Å². The van der Waals surface area contributed by atoms with Gasteiger partial charge in [0.05, 0.1) is 10.7 Å². The second-order valence-electron chi connectivity index (χ2n) is 6.72. The minimum Gasteiger partial charge on any atom is -0.338 e. The Hall–Kier alpha value is -2.10. The number of benzene rings is 2. The van der Waals surface area contributed by atoms with Crippen molar-refractivity contribution in [1.29, 1.82) is 0 Å². The average molecular weight is 392 g/mol. The van der Waals surface area contributed by atoms with Gasteiger partial charge in [-0.25, -0.2) is 0 Å². The molecule has 0 saturated heterocycles. The normalized spacial score (nSPS) is 15.3. The highest BCUT2D eigenvalue weighted by Gasteiger charge is 2.20. The van der Waals surface area contributed by atoms with Crippen molar-refractivity contribution >= 4 is 29.2 Å². The van der Waals surface area contributed by atoms with Crippen molar-refractivity contribution in [3.63, 3.8) is 0 Å². The Labute approximate surface area is 171 Å². The fourth-order valence-electron chi connectivity index (χ4n) is 2.88. The lowest BCUT2D eigenvalue weighted by atomic mass is 10.2. The maximum atomic E-state index is 4.15. The van der Waals surface area contributed by atoms with Crippen molar-refractivity contribution in [3.05, 3.63) is 100.0 Å². The molecule has 0 bridgehead atoms. The highest BCUT2D eigenvalue weighted by atomic mass is 32.2. The molecule has 0 atom stereocenters. The molecule has 3 heteroatoms. The van der Waals surface area contributed by atoms with E-state index >= 15 is 0 Å². The van der Waals surface area contributed by atoms with Gasteiger partial charge in [0, 0.05) is 21.7 Å². The molecule has 0 amide bonds. The number of allylic oxidation sites excluding steroid dienone is 5. The van der Waals surface area contributed by atoms with E-state index in [-0.39, 0.29) is 0 Å². The van der Waals surface area contributed by atoms with Crippen LogP contribution >= 0.6 is 23.5 Å². The summed E-state index contributed by atoms with van der Waals surface area (Å²) in [6.45, 7) is 10.6. The zero-order valence-electron chi connectivity index (χ0n) is 16.3. The number of rotatable bonds is 5. The first-order chi connectivity index (χ1) is 12.9. The first-order valence-electron chi connectivity index (χ1n) is 8.95. The summed E-state index contributed by atoms with van der Waals surface area (Å²) in [7, 11) is 2.12. The van der Waals surface area contributed by atoms with E-state index in [0.29, 0.717) is 0 Å². The Morgan fingerprint density at radius 1 is 1.00 bits per heavy atom. The molecule has 3 rings (SSSR count). The van der Waals surface area contributed by atoms with Crippen LogP contribution in [0.1, 0.15) is 16.7 Å². The topological polar surface area (TPSA) is 3.24 Å². The van der Waals surface area contributed by atoms with Gasteiger partial charge in [0.15, 0.2) is 0 Å². The molecule has 27 heavy (non-hydrogen) atoms. The summed E-state index contributed by atoms with van der Waals surface area (Å²) in [6, 6.07) is 13.1. The van der Waals surface area contributed by atoms with E-state index in [4.69, 9.17) is 0 Å². The predicted molar refractivity (Wildman–Crippen MR) is 123 cm³/mol. The van der Waals surface area contributed by atoms with Crippen LogP contribution in [0, 0.1) is 20.8 Å². The maximum Gasteiger partial charge on any atom is 0.0798 e. The minimum absolute atomic E-state index is 1.04. The van der Waals surface area contributed by atoms with E-state index in [1.807, 2.05) is 17.8 Å². The molecule has 1 heterocycles. The number of nitrogens with zero attached hydrogens (tertiary/aromatic N) is 1. The zero-order chi connectivity index (χ0) is 19.4. The highest BCUT2D eigenvalue weighted by molar-refractivity contribution is 8.03. The van der Waals surface area contributed by atoms with Crippen molar-refractivity contribution in [1.82, 2.24) is 0 Å². The van der Waals surface area contributed by atoms with Crippen molar-refractivity contribution in [3.8, 4) is 0 Å². The van der Waals surface area contributed by atoms with Gasteiger partial charge in [0.1, 0.15) is 0 Å². The summed E-state index contributed by atoms with van der Waals surface area (Å²) in [5.41, 5.74) is 5.17. The zero-order valence-corrected chi connectivity index (χ0v) is 18.0. The molecule has 0 unspecified atom stereocenters. The van der Waals surface area contributed by atoms with Gasteiger partial charge in [-0.1, -0.05) is 72.1 Å². The third-order valence-electron chi connectivity index (χ3n) is 4.34. The minimum atomic E-state index is 1.04. The van der Waals surface area contributed by atoms with E-state index in [1.54, 1.807) is 11.8 Å². The number of anilines is 1. The van der Waals surface area contributed by atoms with Crippen molar-refractivity contribution < 1.29 is 0 Å². The van der Waals surface area contributed by atoms with Gasteiger partial charge in [-0.2, -0.15) is 0 Å². The fraction of sp³-hybridized carbons (Fsp3) is 0.167. The van der Waals surface area contributed by atoms with Crippen LogP contribution in [0.25, 0.3) is 0 Å². The van der Waals surface area contributed by atoms with Crippen LogP contribution in [0.3, 0.4) is 0 Å². The first-order valence-corrected chi connectivity index (χ1v) is 10.6. The monoisotopic (exact) mass is 391 g/mol. The summed E-state index contributed by atoms with van der Waals surface area (Å²) in [6.07, 6.45) is 10.4. The highest BCUT2D eigenvalue weighted by Crippen LogP contribution is 2.45. The Bertz CT molecular complexity index is 951. The van der Waals surface area contributed by atoms with Gasteiger partial charge in [0.25, 0.3) is 0 Å². The van der Waals surface area contributed by atoms with E-state index in [1.165, 1.54) is 37.2 Å². The second-order valence-corrected chi connectivity index (χ2v) is 8.95. The van der Waals surface area contributed by atoms with Crippen molar-refractivity contribution in [2.45, 2.75) is 30.6 Å². The van der Waals surface area contributed by atoms with Crippen LogP contribution in [-0.4, -0.2) is 7.05 Å². The van der Waals surface area contributed by atoms with E-state index in [9.17, 15) is 0 Å². The van der Waals surface area contributed by atoms with Crippen LogP contribution in [0.5, 0.6) is 0 Å². The number of aryl methyl sites for hydroxylation is 3. The maximum absolute atomic E-state index is 4.15. The first kappa shape index (κ1) is 19.7. The SMILES string of the molecule is C=C(/C=C/C=C/C=C1\Sc2ccc(C)cc2N1C)Sc1ccc(C)cc1C. The molecule has 2 aromatic carbocycles. The molecule has 1 nitrogen and oxygen atoms in total. The number of thioether (sulfide) groups is 2. The molecule has 1 aliphatic heterocycles.